The zero-order valence-corrected chi connectivity index (χ0v) is 14.3. The molecule has 26 heavy (non-hydrogen) atoms. The van der Waals surface area contributed by atoms with E-state index in [1.54, 1.807) is 36.5 Å². The Morgan fingerprint density at radius 1 is 1.12 bits per heavy atom. The van der Waals surface area contributed by atoms with E-state index >= 15 is 0 Å². The second-order valence-corrected chi connectivity index (χ2v) is 6.03. The summed E-state index contributed by atoms with van der Waals surface area (Å²) < 4.78 is 19.3. The van der Waals surface area contributed by atoms with Crippen molar-refractivity contribution in [3.63, 3.8) is 0 Å². The van der Waals surface area contributed by atoms with E-state index in [1.807, 2.05) is 18.2 Å². The number of aromatic nitrogens is 3. The normalized spacial score (nSPS) is 10.8. The van der Waals surface area contributed by atoms with Crippen molar-refractivity contribution in [2.45, 2.75) is 6.61 Å². The van der Waals surface area contributed by atoms with E-state index in [4.69, 9.17) is 16.3 Å². The summed E-state index contributed by atoms with van der Waals surface area (Å²) in [6.45, 7) is 0.104. The number of anilines is 2. The third-order valence-electron chi connectivity index (χ3n) is 3.86. The first kappa shape index (κ1) is 16.4. The molecule has 0 atom stereocenters. The molecule has 2 aromatic heterocycles. The molecule has 4 rings (SSSR count). The third-order valence-corrected chi connectivity index (χ3v) is 4.15. The summed E-state index contributed by atoms with van der Waals surface area (Å²) in [6, 6.07) is 15.5. The maximum atomic E-state index is 13.7. The van der Waals surface area contributed by atoms with Crippen molar-refractivity contribution in [1.29, 1.82) is 0 Å². The van der Waals surface area contributed by atoms with E-state index in [1.165, 1.54) is 6.07 Å². The number of aromatic amines is 1. The van der Waals surface area contributed by atoms with Crippen molar-refractivity contribution in [1.82, 2.24) is 15.2 Å². The molecule has 0 spiro atoms. The third kappa shape index (κ3) is 3.32. The standard InChI is InChI=1S/C19H14ClFN4O/c20-14-10-13(23-19-18-16(24-25-19)6-3-9-22-18)7-8-17(14)26-11-12-4-1-2-5-15(12)21/h1-10H,11H2,(H2,23,24,25). The van der Waals surface area contributed by atoms with Crippen LogP contribution in [0.15, 0.2) is 60.8 Å². The number of nitrogens with one attached hydrogen (secondary N) is 2. The second-order valence-electron chi connectivity index (χ2n) is 5.62. The minimum absolute atomic E-state index is 0.104. The predicted octanol–water partition coefficient (Wildman–Crippen LogP) is 5.07. The monoisotopic (exact) mass is 368 g/mol. The highest BCUT2D eigenvalue weighted by Crippen LogP contribution is 2.30. The maximum absolute atomic E-state index is 13.7. The molecule has 4 aromatic rings. The van der Waals surface area contributed by atoms with Gasteiger partial charge in [0.15, 0.2) is 5.82 Å². The van der Waals surface area contributed by atoms with Gasteiger partial charge in [-0.1, -0.05) is 29.8 Å². The molecule has 0 aliphatic rings. The molecule has 2 aromatic carbocycles. The first-order chi connectivity index (χ1) is 12.7. The van der Waals surface area contributed by atoms with Crippen LogP contribution in [0.25, 0.3) is 11.0 Å². The Hall–Kier alpha value is -3.12. The number of H-pyrrole nitrogens is 1. The highest BCUT2D eigenvalue weighted by Gasteiger charge is 2.09. The molecule has 0 aliphatic carbocycles. The molecule has 0 saturated heterocycles. The summed E-state index contributed by atoms with van der Waals surface area (Å²) in [5, 5.41) is 10.7. The molecule has 5 nitrogen and oxygen atoms in total. The van der Waals surface area contributed by atoms with Gasteiger partial charge in [0.05, 0.1) is 10.5 Å². The molecule has 0 radical (unpaired) electrons. The topological polar surface area (TPSA) is 62.8 Å². The lowest BCUT2D eigenvalue weighted by atomic mass is 10.2. The van der Waals surface area contributed by atoms with Crippen LogP contribution >= 0.6 is 11.6 Å². The van der Waals surface area contributed by atoms with Crippen molar-refractivity contribution >= 4 is 34.1 Å². The van der Waals surface area contributed by atoms with Gasteiger partial charge in [0, 0.05) is 17.4 Å². The van der Waals surface area contributed by atoms with Crippen molar-refractivity contribution in [3.05, 3.63) is 77.2 Å². The van der Waals surface area contributed by atoms with Crippen molar-refractivity contribution in [2.75, 3.05) is 5.32 Å². The molecule has 0 fully saturated rings. The van der Waals surface area contributed by atoms with E-state index < -0.39 is 0 Å². The fourth-order valence-electron chi connectivity index (χ4n) is 2.54. The number of rotatable bonds is 5. The molecule has 0 aliphatic heterocycles. The molecule has 0 unspecified atom stereocenters. The summed E-state index contributed by atoms with van der Waals surface area (Å²) in [7, 11) is 0. The number of fused-ring (bicyclic) bond motifs is 1. The fourth-order valence-corrected chi connectivity index (χ4v) is 2.78. The smallest absolute Gasteiger partial charge is 0.178 e. The Labute approximate surface area is 153 Å². The first-order valence-electron chi connectivity index (χ1n) is 7.92. The van der Waals surface area contributed by atoms with Crippen molar-refractivity contribution < 1.29 is 9.13 Å². The number of benzene rings is 2. The van der Waals surface area contributed by atoms with E-state index in [0.717, 1.165) is 16.7 Å². The lowest BCUT2D eigenvalue weighted by Crippen LogP contribution is -1.99. The van der Waals surface area contributed by atoms with Gasteiger partial charge < -0.3 is 10.1 Å². The molecule has 0 bridgehead atoms. The minimum Gasteiger partial charge on any atom is -0.487 e. The number of ether oxygens (including phenoxy) is 1. The predicted molar refractivity (Wildman–Crippen MR) is 99.4 cm³/mol. The van der Waals surface area contributed by atoms with Crippen LogP contribution in [0.4, 0.5) is 15.9 Å². The van der Waals surface area contributed by atoms with E-state index in [2.05, 4.69) is 20.5 Å². The van der Waals surface area contributed by atoms with Gasteiger partial charge in [-0.15, -0.1) is 0 Å². The van der Waals surface area contributed by atoms with Crippen LogP contribution in [-0.4, -0.2) is 15.2 Å². The SMILES string of the molecule is Fc1ccccc1COc1ccc(Nc2n[nH]c3cccnc23)cc1Cl. The van der Waals surface area contributed by atoms with Gasteiger partial charge in [-0.05, 0) is 36.4 Å². The number of pyridine rings is 1. The highest BCUT2D eigenvalue weighted by atomic mass is 35.5. The molecular formula is C19H14ClFN4O. The fraction of sp³-hybridized carbons (Fsp3) is 0.0526. The Morgan fingerprint density at radius 3 is 2.85 bits per heavy atom. The summed E-state index contributed by atoms with van der Waals surface area (Å²) >= 11 is 6.29. The number of hydrogen-bond donors (Lipinski definition) is 2. The van der Waals surface area contributed by atoms with Gasteiger partial charge in [0.2, 0.25) is 0 Å². The van der Waals surface area contributed by atoms with Gasteiger partial charge in [-0.25, -0.2) is 4.39 Å². The van der Waals surface area contributed by atoms with Crippen LogP contribution in [0, 0.1) is 5.82 Å². The lowest BCUT2D eigenvalue weighted by molar-refractivity contribution is 0.300. The molecule has 7 heteroatoms. The van der Waals surface area contributed by atoms with E-state index in [0.29, 0.717) is 22.2 Å². The summed E-state index contributed by atoms with van der Waals surface area (Å²) in [5.41, 5.74) is 2.79. The molecule has 130 valence electrons. The van der Waals surface area contributed by atoms with Crippen LogP contribution in [-0.2, 0) is 6.61 Å². The Balaban J connectivity index is 1.50. The number of nitrogens with zero attached hydrogens (tertiary/aromatic N) is 2. The van der Waals surface area contributed by atoms with Gasteiger partial charge in [-0.2, -0.15) is 5.10 Å². The first-order valence-corrected chi connectivity index (χ1v) is 8.30. The van der Waals surface area contributed by atoms with E-state index in [9.17, 15) is 4.39 Å². The second kappa shape index (κ2) is 7.01. The summed E-state index contributed by atoms with van der Waals surface area (Å²) in [4.78, 5) is 4.30. The largest absolute Gasteiger partial charge is 0.487 e. The number of hydrogen-bond acceptors (Lipinski definition) is 4. The lowest BCUT2D eigenvalue weighted by Gasteiger charge is -2.10. The van der Waals surface area contributed by atoms with Crippen LogP contribution in [0.3, 0.4) is 0 Å². The highest BCUT2D eigenvalue weighted by molar-refractivity contribution is 6.32. The average molecular weight is 369 g/mol. The molecule has 2 N–H and O–H groups in total. The zero-order valence-electron chi connectivity index (χ0n) is 13.5. The van der Waals surface area contributed by atoms with Gasteiger partial charge in [-0.3, -0.25) is 10.1 Å². The summed E-state index contributed by atoms with van der Waals surface area (Å²) in [6.07, 6.45) is 1.70. The molecule has 2 heterocycles. The quantitative estimate of drug-likeness (QED) is 0.516. The van der Waals surface area contributed by atoms with Crippen LogP contribution in [0.2, 0.25) is 5.02 Å². The molecular weight excluding hydrogens is 355 g/mol. The van der Waals surface area contributed by atoms with Crippen LogP contribution in [0.5, 0.6) is 5.75 Å². The van der Waals surface area contributed by atoms with Crippen molar-refractivity contribution in [2.24, 2.45) is 0 Å². The number of halogens is 2. The van der Waals surface area contributed by atoms with Crippen molar-refractivity contribution in [3.8, 4) is 5.75 Å². The molecule has 0 amide bonds. The van der Waals surface area contributed by atoms with Gasteiger partial charge >= 0.3 is 0 Å². The molecule has 0 saturated carbocycles. The zero-order chi connectivity index (χ0) is 17.9. The van der Waals surface area contributed by atoms with E-state index in [-0.39, 0.29) is 12.4 Å². The minimum atomic E-state index is -0.306. The van der Waals surface area contributed by atoms with Gasteiger partial charge in [0.1, 0.15) is 23.7 Å². The Kier molecular flexibility index (Phi) is 4.41. The van der Waals surface area contributed by atoms with Gasteiger partial charge in [0.25, 0.3) is 0 Å². The average Bonchev–Trinajstić information content (AvgIpc) is 3.05. The maximum Gasteiger partial charge on any atom is 0.178 e. The Bertz CT molecular complexity index is 1070. The summed E-state index contributed by atoms with van der Waals surface area (Å²) in [5.74, 6) is 0.780. The Morgan fingerprint density at radius 2 is 2.00 bits per heavy atom. The van der Waals surface area contributed by atoms with Crippen LogP contribution < -0.4 is 10.1 Å². The van der Waals surface area contributed by atoms with Crippen LogP contribution in [0.1, 0.15) is 5.56 Å².